The predicted molar refractivity (Wildman–Crippen MR) is 69.8 cm³/mol. The highest BCUT2D eigenvalue weighted by Crippen LogP contribution is 2.31. The number of hydrogen-bond acceptors (Lipinski definition) is 3. The van der Waals surface area contributed by atoms with Gasteiger partial charge in [-0.15, -0.1) is 0 Å². The number of rotatable bonds is 4. The molecule has 0 spiro atoms. The van der Waals surface area contributed by atoms with Crippen LogP contribution in [0.1, 0.15) is 31.2 Å². The second kappa shape index (κ2) is 5.89. The number of hydrogen-bond donors (Lipinski definition) is 2. The average molecular weight is 254 g/mol. The van der Waals surface area contributed by atoms with Crippen molar-refractivity contribution >= 4 is 24.3 Å². The summed E-state index contributed by atoms with van der Waals surface area (Å²) >= 11 is 1.84. The number of thioether (sulfide) groups is 1. The molecule has 0 unspecified atom stereocenters. The molecule has 1 saturated carbocycles. The molecule has 0 aromatic heterocycles. The van der Waals surface area contributed by atoms with Gasteiger partial charge < -0.3 is 10.0 Å². The summed E-state index contributed by atoms with van der Waals surface area (Å²) in [5.41, 5.74) is 1.05. The average Bonchev–Trinajstić information content (AvgIpc) is 2.78. The van der Waals surface area contributed by atoms with E-state index in [1.165, 1.54) is 31.7 Å². The molecule has 0 amide bonds. The lowest BCUT2D eigenvalue weighted by atomic mass is 9.79. The summed E-state index contributed by atoms with van der Waals surface area (Å²) in [6.45, 7) is 0. The highest BCUT2D eigenvalue weighted by Gasteiger charge is 2.17. The van der Waals surface area contributed by atoms with Crippen LogP contribution < -0.4 is 5.46 Å². The lowest BCUT2D eigenvalue weighted by molar-refractivity contribution is 0.425. The molecular formula is C12H16BFO2S. The van der Waals surface area contributed by atoms with Gasteiger partial charge in [0.2, 0.25) is 0 Å². The van der Waals surface area contributed by atoms with Gasteiger partial charge in [0, 0.05) is 11.0 Å². The van der Waals surface area contributed by atoms with Gasteiger partial charge in [-0.05, 0) is 36.0 Å². The van der Waals surface area contributed by atoms with Crippen LogP contribution in [0.3, 0.4) is 0 Å². The van der Waals surface area contributed by atoms with Gasteiger partial charge in [-0.2, -0.15) is 11.8 Å². The van der Waals surface area contributed by atoms with Crippen molar-refractivity contribution in [2.45, 2.75) is 36.7 Å². The third kappa shape index (κ3) is 3.73. The third-order valence-corrected chi connectivity index (χ3v) is 4.51. The molecule has 2 N–H and O–H groups in total. The molecule has 17 heavy (non-hydrogen) atoms. The summed E-state index contributed by atoms with van der Waals surface area (Å²) in [7, 11) is -1.60. The first-order valence-corrected chi connectivity index (χ1v) is 6.97. The Bertz CT molecular complexity index is 381. The first-order chi connectivity index (χ1) is 8.15. The molecule has 1 aliphatic rings. The molecule has 5 heteroatoms. The van der Waals surface area contributed by atoms with E-state index >= 15 is 0 Å². The summed E-state index contributed by atoms with van der Waals surface area (Å²) in [4.78, 5) is 0. The predicted octanol–water partition coefficient (Wildman–Crippen LogP) is 1.68. The van der Waals surface area contributed by atoms with Crippen LogP contribution in [0.4, 0.5) is 4.39 Å². The van der Waals surface area contributed by atoms with Crippen LogP contribution in [0.15, 0.2) is 18.2 Å². The van der Waals surface area contributed by atoms with Crippen LogP contribution in [-0.4, -0.2) is 22.4 Å². The van der Waals surface area contributed by atoms with Crippen molar-refractivity contribution < 1.29 is 14.4 Å². The maximum atomic E-state index is 13.3. The number of benzene rings is 1. The molecule has 0 bridgehead atoms. The van der Waals surface area contributed by atoms with Crippen molar-refractivity contribution in [3.8, 4) is 0 Å². The second-order valence-electron chi connectivity index (χ2n) is 4.48. The minimum absolute atomic E-state index is 0.229. The normalized spacial score (nSPS) is 16.4. The zero-order valence-corrected chi connectivity index (χ0v) is 10.4. The molecule has 0 saturated heterocycles. The van der Waals surface area contributed by atoms with Gasteiger partial charge in [0.15, 0.2) is 0 Å². The maximum Gasteiger partial charge on any atom is 0.488 e. The molecule has 2 rings (SSSR count). The van der Waals surface area contributed by atoms with E-state index in [1.807, 2.05) is 11.8 Å². The van der Waals surface area contributed by atoms with E-state index in [4.69, 9.17) is 10.0 Å². The molecule has 1 aliphatic carbocycles. The Kier molecular flexibility index (Phi) is 4.48. The van der Waals surface area contributed by atoms with Crippen LogP contribution in [0, 0.1) is 5.82 Å². The standard InChI is InChI=1S/C12H16BFO2S/c14-11-6-9(5-10(7-11)13(15)16)8-17-12-3-1-2-4-12/h5-7,12,15-16H,1-4,8H2. The Morgan fingerprint density at radius 3 is 2.59 bits per heavy atom. The van der Waals surface area contributed by atoms with E-state index in [9.17, 15) is 4.39 Å². The first kappa shape index (κ1) is 12.9. The van der Waals surface area contributed by atoms with Crippen molar-refractivity contribution in [2.24, 2.45) is 0 Å². The molecule has 0 aliphatic heterocycles. The zero-order chi connectivity index (χ0) is 12.3. The molecular weight excluding hydrogens is 238 g/mol. The SMILES string of the molecule is OB(O)c1cc(F)cc(CSC2CCCC2)c1. The van der Waals surface area contributed by atoms with Gasteiger partial charge in [-0.25, -0.2) is 4.39 Å². The molecule has 1 aromatic carbocycles. The zero-order valence-electron chi connectivity index (χ0n) is 9.60. The van der Waals surface area contributed by atoms with Crippen molar-refractivity contribution in [2.75, 3.05) is 0 Å². The Labute approximate surface area is 105 Å². The van der Waals surface area contributed by atoms with Gasteiger partial charge in [0.1, 0.15) is 5.82 Å². The topological polar surface area (TPSA) is 40.5 Å². The summed E-state index contributed by atoms with van der Waals surface area (Å²) in [6.07, 6.45) is 5.08. The molecule has 1 fully saturated rings. The van der Waals surface area contributed by atoms with Crippen LogP contribution in [-0.2, 0) is 5.75 Å². The van der Waals surface area contributed by atoms with Crippen LogP contribution >= 0.6 is 11.8 Å². The van der Waals surface area contributed by atoms with Crippen LogP contribution in [0.25, 0.3) is 0 Å². The van der Waals surface area contributed by atoms with Crippen LogP contribution in [0.5, 0.6) is 0 Å². The van der Waals surface area contributed by atoms with Gasteiger partial charge in [-0.3, -0.25) is 0 Å². The quantitative estimate of drug-likeness (QED) is 0.803. The fraction of sp³-hybridized carbons (Fsp3) is 0.500. The molecule has 2 nitrogen and oxygen atoms in total. The van der Waals surface area contributed by atoms with Gasteiger partial charge >= 0.3 is 7.12 Å². The van der Waals surface area contributed by atoms with E-state index in [2.05, 4.69) is 0 Å². The Hall–Kier alpha value is -0.515. The van der Waals surface area contributed by atoms with Gasteiger partial charge in [-0.1, -0.05) is 18.9 Å². The smallest absolute Gasteiger partial charge is 0.423 e. The molecule has 1 aromatic rings. The van der Waals surface area contributed by atoms with E-state index in [-0.39, 0.29) is 5.46 Å². The third-order valence-electron chi connectivity index (χ3n) is 3.07. The van der Waals surface area contributed by atoms with E-state index in [1.54, 1.807) is 6.07 Å². The van der Waals surface area contributed by atoms with Crippen molar-refractivity contribution in [3.63, 3.8) is 0 Å². The Morgan fingerprint density at radius 1 is 1.24 bits per heavy atom. The summed E-state index contributed by atoms with van der Waals surface area (Å²) in [6, 6.07) is 4.29. The molecule has 0 radical (unpaired) electrons. The molecule has 92 valence electrons. The maximum absolute atomic E-state index is 13.3. The highest BCUT2D eigenvalue weighted by molar-refractivity contribution is 7.99. The van der Waals surface area contributed by atoms with Gasteiger partial charge in [0.05, 0.1) is 0 Å². The Morgan fingerprint density at radius 2 is 1.94 bits per heavy atom. The Balaban J connectivity index is 1.99. The summed E-state index contributed by atoms with van der Waals surface area (Å²) in [5.74, 6) is 0.333. The minimum Gasteiger partial charge on any atom is -0.423 e. The van der Waals surface area contributed by atoms with Crippen molar-refractivity contribution in [3.05, 3.63) is 29.6 Å². The first-order valence-electron chi connectivity index (χ1n) is 5.92. The fourth-order valence-electron chi connectivity index (χ4n) is 2.18. The monoisotopic (exact) mass is 254 g/mol. The molecule has 0 atom stereocenters. The van der Waals surface area contributed by atoms with Crippen LogP contribution in [0.2, 0.25) is 0 Å². The lowest BCUT2D eigenvalue weighted by Gasteiger charge is -2.10. The summed E-state index contributed by atoms with van der Waals surface area (Å²) in [5, 5.41) is 18.8. The van der Waals surface area contributed by atoms with Crippen molar-refractivity contribution in [1.29, 1.82) is 0 Å². The van der Waals surface area contributed by atoms with Crippen molar-refractivity contribution in [1.82, 2.24) is 0 Å². The molecule has 0 heterocycles. The highest BCUT2D eigenvalue weighted by atomic mass is 32.2. The van der Waals surface area contributed by atoms with E-state index in [0.717, 1.165) is 17.4 Å². The lowest BCUT2D eigenvalue weighted by Crippen LogP contribution is -2.30. The largest absolute Gasteiger partial charge is 0.488 e. The minimum atomic E-state index is -1.60. The summed E-state index contributed by atoms with van der Waals surface area (Å²) < 4.78 is 13.3. The van der Waals surface area contributed by atoms with E-state index < -0.39 is 12.9 Å². The second-order valence-corrected chi connectivity index (χ2v) is 5.77. The van der Waals surface area contributed by atoms with Gasteiger partial charge in [0.25, 0.3) is 0 Å². The van der Waals surface area contributed by atoms with E-state index in [0.29, 0.717) is 5.25 Å². The number of halogens is 1. The fourth-order valence-corrected chi connectivity index (χ4v) is 3.44.